The maximum atomic E-state index is 12.0. The zero-order valence-electron chi connectivity index (χ0n) is 19.0. The summed E-state index contributed by atoms with van der Waals surface area (Å²) in [6.45, 7) is 4.85. The van der Waals surface area contributed by atoms with Crippen LogP contribution in [0.3, 0.4) is 0 Å². The monoisotopic (exact) mass is 448 g/mol. The molecule has 1 amide bonds. The number of nitrogens with zero attached hydrogens (tertiary/aromatic N) is 1. The fourth-order valence-electron chi connectivity index (χ4n) is 2.97. The first-order valence-electron chi connectivity index (χ1n) is 10.6. The summed E-state index contributed by atoms with van der Waals surface area (Å²) in [6.07, 6.45) is 1.53. The third kappa shape index (κ3) is 7.28. The summed E-state index contributed by atoms with van der Waals surface area (Å²) in [5, 5.41) is 3.98. The fraction of sp³-hybridized carbons (Fsp3) is 0.231. The lowest BCUT2D eigenvalue weighted by atomic mass is 10.1. The topological polar surface area (TPSA) is 78.4 Å². The molecule has 7 heteroatoms. The van der Waals surface area contributed by atoms with Gasteiger partial charge in [0.15, 0.2) is 18.1 Å². The van der Waals surface area contributed by atoms with E-state index < -0.39 is 0 Å². The van der Waals surface area contributed by atoms with Crippen molar-refractivity contribution in [3.8, 4) is 23.0 Å². The van der Waals surface area contributed by atoms with E-state index >= 15 is 0 Å². The smallest absolute Gasteiger partial charge is 0.277 e. The van der Waals surface area contributed by atoms with Crippen molar-refractivity contribution in [2.24, 2.45) is 5.10 Å². The van der Waals surface area contributed by atoms with E-state index in [0.717, 1.165) is 16.9 Å². The highest BCUT2D eigenvalue weighted by atomic mass is 16.5. The predicted octanol–water partition coefficient (Wildman–Crippen LogP) is 4.51. The van der Waals surface area contributed by atoms with Crippen molar-refractivity contribution >= 4 is 12.1 Å². The van der Waals surface area contributed by atoms with Crippen LogP contribution in [-0.4, -0.2) is 32.4 Å². The zero-order chi connectivity index (χ0) is 23.5. The summed E-state index contributed by atoms with van der Waals surface area (Å²) in [5.74, 6) is 2.17. The maximum absolute atomic E-state index is 12.0. The number of hydrogen-bond donors (Lipinski definition) is 1. The van der Waals surface area contributed by atoms with E-state index in [4.69, 9.17) is 18.9 Å². The average Bonchev–Trinajstić information content (AvgIpc) is 2.83. The molecule has 0 bridgehead atoms. The Hall–Kier alpha value is -4.00. The Bertz CT molecular complexity index is 1080. The van der Waals surface area contributed by atoms with Gasteiger partial charge in [-0.1, -0.05) is 24.3 Å². The average molecular weight is 449 g/mol. The first-order chi connectivity index (χ1) is 16.1. The summed E-state index contributed by atoms with van der Waals surface area (Å²) in [4.78, 5) is 12.0. The van der Waals surface area contributed by atoms with Crippen LogP contribution in [0, 0.1) is 6.92 Å². The van der Waals surface area contributed by atoms with Crippen LogP contribution in [-0.2, 0) is 11.4 Å². The normalized spacial score (nSPS) is 10.6. The second-order valence-corrected chi connectivity index (χ2v) is 7.11. The van der Waals surface area contributed by atoms with Crippen LogP contribution in [0.4, 0.5) is 0 Å². The highest BCUT2D eigenvalue weighted by Crippen LogP contribution is 2.28. The van der Waals surface area contributed by atoms with Gasteiger partial charge in [0.2, 0.25) is 0 Å². The second kappa shape index (κ2) is 12.1. The van der Waals surface area contributed by atoms with Gasteiger partial charge >= 0.3 is 0 Å². The van der Waals surface area contributed by atoms with E-state index in [2.05, 4.69) is 10.5 Å². The van der Waals surface area contributed by atoms with Gasteiger partial charge < -0.3 is 18.9 Å². The minimum atomic E-state index is -0.370. The number of amides is 1. The largest absolute Gasteiger partial charge is 0.494 e. The second-order valence-electron chi connectivity index (χ2n) is 7.11. The lowest BCUT2D eigenvalue weighted by Gasteiger charge is -2.12. The molecule has 33 heavy (non-hydrogen) atoms. The van der Waals surface area contributed by atoms with E-state index in [9.17, 15) is 4.79 Å². The number of hydrogen-bond acceptors (Lipinski definition) is 6. The minimum absolute atomic E-state index is 0.152. The summed E-state index contributed by atoms with van der Waals surface area (Å²) in [5.41, 5.74) is 5.48. The first-order valence-corrected chi connectivity index (χ1v) is 10.6. The molecular weight excluding hydrogens is 420 g/mol. The Morgan fingerprint density at radius 2 is 1.67 bits per heavy atom. The molecule has 0 spiro atoms. The fourth-order valence-corrected chi connectivity index (χ4v) is 2.97. The van der Waals surface area contributed by atoms with Crippen molar-refractivity contribution in [3.63, 3.8) is 0 Å². The summed E-state index contributed by atoms with van der Waals surface area (Å²) < 4.78 is 22.2. The summed E-state index contributed by atoms with van der Waals surface area (Å²) in [7, 11) is 1.58. The van der Waals surface area contributed by atoms with Crippen LogP contribution >= 0.6 is 0 Å². The highest BCUT2D eigenvalue weighted by Gasteiger charge is 2.07. The Kier molecular flexibility index (Phi) is 8.71. The van der Waals surface area contributed by atoms with Gasteiger partial charge in [-0.05, 0) is 73.0 Å². The molecule has 0 saturated carbocycles. The molecule has 0 aliphatic heterocycles. The third-order valence-corrected chi connectivity index (χ3v) is 4.74. The molecule has 3 aromatic rings. The predicted molar refractivity (Wildman–Crippen MR) is 127 cm³/mol. The first kappa shape index (κ1) is 23.7. The number of aryl methyl sites for hydroxylation is 1. The van der Waals surface area contributed by atoms with Crippen LogP contribution in [0.2, 0.25) is 0 Å². The van der Waals surface area contributed by atoms with Crippen LogP contribution in [0.15, 0.2) is 71.8 Å². The molecule has 0 saturated heterocycles. The maximum Gasteiger partial charge on any atom is 0.277 e. The number of hydrazone groups is 1. The van der Waals surface area contributed by atoms with Crippen LogP contribution < -0.4 is 24.4 Å². The number of nitrogens with one attached hydrogen (secondary N) is 1. The molecule has 0 atom stereocenters. The minimum Gasteiger partial charge on any atom is -0.494 e. The Morgan fingerprint density at radius 3 is 2.36 bits per heavy atom. The number of methoxy groups -OCH3 is 1. The third-order valence-electron chi connectivity index (χ3n) is 4.74. The number of carbonyl (C=O) groups is 1. The van der Waals surface area contributed by atoms with E-state index in [-0.39, 0.29) is 12.5 Å². The molecule has 0 aliphatic carbocycles. The van der Waals surface area contributed by atoms with Gasteiger partial charge in [0.1, 0.15) is 18.1 Å². The van der Waals surface area contributed by atoms with E-state index in [1.807, 2.05) is 50.2 Å². The molecule has 3 aromatic carbocycles. The van der Waals surface area contributed by atoms with Gasteiger partial charge in [0, 0.05) is 0 Å². The van der Waals surface area contributed by atoms with Gasteiger partial charge in [-0.2, -0.15) is 5.10 Å². The van der Waals surface area contributed by atoms with Crippen molar-refractivity contribution in [2.45, 2.75) is 20.5 Å². The molecule has 3 rings (SSSR count). The quantitative estimate of drug-likeness (QED) is 0.345. The van der Waals surface area contributed by atoms with E-state index in [0.29, 0.717) is 30.5 Å². The van der Waals surface area contributed by atoms with Crippen molar-refractivity contribution in [3.05, 3.63) is 83.4 Å². The van der Waals surface area contributed by atoms with E-state index in [1.54, 1.807) is 37.4 Å². The van der Waals surface area contributed by atoms with Crippen molar-refractivity contribution in [1.29, 1.82) is 0 Å². The molecular formula is C26H28N2O5. The molecule has 0 fully saturated rings. The molecule has 7 nitrogen and oxygen atoms in total. The Balaban J connectivity index is 1.49. The number of ether oxygens (including phenoxy) is 4. The molecule has 0 radical (unpaired) electrons. The molecule has 172 valence electrons. The standard InChI is InChI=1S/C26H28N2O5/c1-4-31-22-10-12-23(13-11-22)32-18-26(29)28-27-16-20-9-14-24(25(15-20)30-3)33-17-21-8-6-5-7-19(21)2/h5-16H,4,17-18H2,1-3H3,(H,28,29)/b27-16+. The van der Waals surface area contributed by atoms with Gasteiger partial charge in [-0.3, -0.25) is 4.79 Å². The molecule has 0 unspecified atom stereocenters. The van der Waals surface area contributed by atoms with Gasteiger partial charge in [0.05, 0.1) is 19.9 Å². The van der Waals surface area contributed by atoms with Gasteiger partial charge in [-0.25, -0.2) is 5.43 Å². The summed E-state index contributed by atoms with van der Waals surface area (Å²) in [6, 6.07) is 20.6. The number of carbonyl (C=O) groups excluding carboxylic acids is 1. The van der Waals surface area contributed by atoms with E-state index in [1.165, 1.54) is 11.8 Å². The van der Waals surface area contributed by atoms with Crippen molar-refractivity contribution < 1.29 is 23.7 Å². The van der Waals surface area contributed by atoms with Crippen molar-refractivity contribution in [2.75, 3.05) is 20.3 Å². The van der Waals surface area contributed by atoms with Crippen LogP contribution in [0.5, 0.6) is 23.0 Å². The number of benzene rings is 3. The zero-order valence-corrected chi connectivity index (χ0v) is 19.0. The van der Waals surface area contributed by atoms with Crippen molar-refractivity contribution in [1.82, 2.24) is 5.43 Å². The lowest BCUT2D eigenvalue weighted by molar-refractivity contribution is -0.123. The molecule has 0 aliphatic rings. The van der Waals surface area contributed by atoms with Crippen LogP contribution in [0.1, 0.15) is 23.6 Å². The summed E-state index contributed by atoms with van der Waals surface area (Å²) >= 11 is 0. The molecule has 1 N–H and O–H groups in total. The van der Waals surface area contributed by atoms with Gasteiger partial charge in [0.25, 0.3) is 5.91 Å². The number of rotatable bonds is 11. The van der Waals surface area contributed by atoms with Crippen LogP contribution in [0.25, 0.3) is 0 Å². The van der Waals surface area contributed by atoms with Gasteiger partial charge in [-0.15, -0.1) is 0 Å². The highest BCUT2D eigenvalue weighted by molar-refractivity contribution is 5.83. The molecule has 0 heterocycles. The lowest BCUT2D eigenvalue weighted by Crippen LogP contribution is -2.24. The Morgan fingerprint density at radius 1 is 0.939 bits per heavy atom. The Labute approximate surface area is 193 Å². The SMILES string of the molecule is CCOc1ccc(OCC(=O)N/N=C/c2ccc(OCc3ccccc3C)c(OC)c2)cc1. The molecule has 0 aromatic heterocycles.